The summed E-state index contributed by atoms with van der Waals surface area (Å²) in [6.45, 7) is 11.5. The zero-order valence-electron chi connectivity index (χ0n) is 13.4. The van der Waals surface area contributed by atoms with Crippen molar-refractivity contribution < 1.29 is 4.79 Å². The van der Waals surface area contributed by atoms with Gasteiger partial charge in [0, 0.05) is 31.4 Å². The minimum absolute atomic E-state index is 0.0560. The van der Waals surface area contributed by atoms with Gasteiger partial charge in [0.05, 0.1) is 0 Å². The van der Waals surface area contributed by atoms with Crippen molar-refractivity contribution in [1.29, 1.82) is 0 Å². The summed E-state index contributed by atoms with van der Waals surface area (Å²) in [6, 6.07) is 4.03. The van der Waals surface area contributed by atoms with E-state index in [1.807, 2.05) is 19.9 Å². The molecule has 1 aromatic heterocycles. The van der Waals surface area contributed by atoms with Gasteiger partial charge in [-0.15, -0.1) is 0 Å². The second-order valence-corrected chi connectivity index (χ2v) is 6.48. The van der Waals surface area contributed by atoms with E-state index in [1.165, 1.54) is 0 Å². The molecule has 2 N–H and O–H groups in total. The van der Waals surface area contributed by atoms with E-state index in [0.29, 0.717) is 12.5 Å². The van der Waals surface area contributed by atoms with Gasteiger partial charge in [0.25, 0.3) is 0 Å². The average molecular weight is 290 g/mol. The highest BCUT2D eigenvalue weighted by molar-refractivity contribution is 5.90. The lowest BCUT2D eigenvalue weighted by atomic mass is 9.98. The second-order valence-electron chi connectivity index (χ2n) is 6.48. The largest absolute Gasteiger partial charge is 0.352 e. The SMILES string of the molecule is CC(C)CNCc1cccnc1N1CCNC(=O)C1(C)C. The molecule has 2 heterocycles. The Morgan fingerprint density at radius 1 is 1.48 bits per heavy atom. The van der Waals surface area contributed by atoms with Gasteiger partial charge >= 0.3 is 0 Å². The first-order chi connectivity index (χ1) is 9.93. The van der Waals surface area contributed by atoms with Gasteiger partial charge in [-0.3, -0.25) is 4.79 Å². The summed E-state index contributed by atoms with van der Waals surface area (Å²) in [5.41, 5.74) is 0.570. The second kappa shape index (κ2) is 6.43. The first kappa shape index (κ1) is 15.8. The first-order valence-corrected chi connectivity index (χ1v) is 7.63. The highest BCUT2D eigenvalue weighted by Crippen LogP contribution is 2.27. The number of carbonyl (C=O) groups excluding carboxylic acids is 1. The van der Waals surface area contributed by atoms with Gasteiger partial charge in [0.2, 0.25) is 5.91 Å². The highest BCUT2D eigenvalue weighted by atomic mass is 16.2. The van der Waals surface area contributed by atoms with E-state index >= 15 is 0 Å². The van der Waals surface area contributed by atoms with Crippen molar-refractivity contribution in [3.63, 3.8) is 0 Å². The number of rotatable bonds is 5. The molecule has 0 aliphatic carbocycles. The van der Waals surface area contributed by atoms with Crippen molar-refractivity contribution in [2.45, 2.75) is 39.8 Å². The van der Waals surface area contributed by atoms with Crippen molar-refractivity contribution in [2.75, 3.05) is 24.5 Å². The molecule has 1 saturated heterocycles. The van der Waals surface area contributed by atoms with E-state index in [2.05, 4.69) is 40.4 Å². The first-order valence-electron chi connectivity index (χ1n) is 7.63. The molecule has 0 atom stereocenters. The number of amides is 1. The smallest absolute Gasteiger partial charge is 0.245 e. The van der Waals surface area contributed by atoms with Gasteiger partial charge in [-0.2, -0.15) is 0 Å². The monoisotopic (exact) mass is 290 g/mol. The zero-order valence-corrected chi connectivity index (χ0v) is 13.4. The topological polar surface area (TPSA) is 57.3 Å². The number of hydrogen-bond donors (Lipinski definition) is 2. The number of hydrogen-bond acceptors (Lipinski definition) is 4. The van der Waals surface area contributed by atoms with Crippen LogP contribution in [0.5, 0.6) is 0 Å². The highest BCUT2D eigenvalue weighted by Gasteiger charge is 2.39. The molecule has 0 bridgehead atoms. The van der Waals surface area contributed by atoms with Gasteiger partial charge in [0.1, 0.15) is 11.4 Å². The quantitative estimate of drug-likeness (QED) is 0.864. The molecule has 116 valence electrons. The Balaban J connectivity index is 2.20. The molecular formula is C16H26N4O. The van der Waals surface area contributed by atoms with E-state index in [9.17, 15) is 4.79 Å². The Morgan fingerprint density at radius 2 is 2.24 bits per heavy atom. The van der Waals surface area contributed by atoms with E-state index in [1.54, 1.807) is 6.20 Å². The fourth-order valence-corrected chi connectivity index (χ4v) is 2.58. The van der Waals surface area contributed by atoms with E-state index in [0.717, 1.165) is 31.0 Å². The third kappa shape index (κ3) is 3.53. The summed E-state index contributed by atoms with van der Waals surface area (Å²) >= 11 is 0. The summed E-state index contributed by atoms with van der Waals surface area (Å²) in [7, 11) is 0. The molecule has 0 aromatic carbocycles. The molecular weight excluding hydrogens is 264 g/mol. The van der Waals surface area contributed by atoms with Crippen LogP contribution in [0.25, 0.3) is 0 Å². The molecule has 1 amide bonds. The molecule has 1 aliphatic rings. The van der Waals surface area contributed by atoms with Gasteiger partial charge in [0.15, 0.2) is 0 Å². The molecule has 21 heavy (non-hydrogen) atoms. The normalized spacial score (nSPS) is 18.0. The number of anilines is 1. The molecule has 1 fully saturated rings. The van der Waals surface area contributed by atoms with Crippen LogP contribution in [0.2, 0.25) is 0 Å². The summed E-state index contributed by atoms with van der Waals surface area (Å²) < 4.78 is 0. The minimum Gasteiger partial charge on any atom is -0.352 e. The molecule has 1 aromatic rings. The summed E-state index contributed by atoms with van der Waals surface area (Å²) in [4.78, 5) is 18.8. The third-order valence-electron chi connectivity index (χ3n) is 3.84. The van der Waals surface area contributed by atoms with E-state index in [4.69, 9.17) is 0 Å². The van der Waals surface area contributed by atoms with Gasteiger partial charge < -0.3 is 15.5 Å². The zero-order chi connectivity index (χ0) is 15.5. The van der Waals surface area contributed by atoms with Gasteiger partial charge in [-0.1, -0.05) is 19.9 Å². The summed E-state index contributed by atoms with van der Waals surface area (Å²) in [5.74, 6) is 1.58. The number of nitrogens with one attached hydrogen (secondary N) is 2. The lowest BCUT2D eigenvalue weighted by molar-refractivity contribution is -0.126. The maximum Gasteiger partial charge on any atom is 0.245 e. The maximum absolute atomic E-state index is 12.1. The predicted molar refractivity (Wildman–Crippen MR) is 85.2 cm³/mol. The van der Waals surface area contributed by atoms with Crippen LogP contribution in [0.15, 0.2) is 18.3 Å². The number of nitrogens with zero attached hydrogens (tertiary/aromatic N) is 2. The molecule has 5 nitrogen and oxygen atoms in total. The minimum atomic E-state index is -0.570. The van der Waals surface area contributed by atoms with Crippen molar-refractivity contribution in [3.05, 3.63) is 23.9 Å². The summed E-state index contributed by atoms with van der Waals surface area (Å²) in [6.07, 6.45) is 1.80. The molecule has 1 aliphatic heterocycles. The van der Waals surface area contributed by atoms with Gasteiger partial charge in [-0.05, 0) is 32.4 Å². The molecule has 5 heteroatoms. The average Bonchev–Trinajstić information content (AvgIpc) is 2.42. The fraction of sp³-hybridized carbons (Fsp3) is 0.625. The number of aromatic nitrogens is 1. The Morgan fingerprint density at radius 3 is 2.95 bits per heavy atom. The van der Waals surface area contributed by atoms with Crippen LogP contribution in [-0.2, 0) is 11.3 Å². The molecule has 0 unspecified atom stereocenters. The Kier molecular flexibility index (Phi) is 4.83. The van der Waals surface area contributed by atoms with Crippen LogP contribution in [0.4, 0.5) is 5.82 Å². The fourth-order valence-electron chi connectivity index (χ4n) is 2.58. The van der Waals surface area contributed by atoms with Crippen LogP contribution in [0, 0.1) is 5.92 Å². The van der Waals surface area contributed by atoms with Crippen LogP contribution < -0.4 is 15.5 Å². The molecule has 2 rings (SSSR count). The van der Waals surface area contributed by atoms with Crippen LogP contribution in [0.3, 0.4) is 0 Å². The van der Waals surface area contributed by atoms with Crippen LogP contribution in [-0.4, -0.2) is 36.1 Å². The standard InChI is InChI=1S/C16H26N4O/c1-12(2)10-17-11-13-6-5-7-18-14(13)20-9-8-19-15(21)16(20,3)4/h5-7,12,17H,8-11H2,1-4H3,(H,19,21). The van der Waals surface area contributed by atoms with Crippen molar-refractivity contribution in [3.8, 4) is 0 Å². The Bertz CT molecular complexity index is 499. The van der Waals surface area contributed by atoms with E-state index < -0.39 is 5.54 Å². The molecule has 0 saturated carbocycles. The van der Waals surface area contributed by atoms with E-state index in [-0.39, 0.29) is 5.91 Å². The molecule has 0 radical (unpaired) electrons. The molecule has 0 spiro atoms. The lowest BCUT2D eigenvalue weighted by Crippen LogP contribution is -2.62. The van der Waals surface area contributed by atoms with Gasteiger partial charge in [-0.25, -0.2) is 4.98 Å². The Hall–Kier alpha value is -1.62. The summed E-state index contributed by atoms with van der Waals surface area (Å²) in [5, 5.41) is 6.38. The number of piperazine rings is 1. The van der Waals surface area contributed by atoms with Crippen molar-refractivity contribution in [1.82, 2.24) is 15.6 Å². The van der Waals surface area contributed by atoms with Crippen molar-refractivity contribution >= 4 is 11.7 Å². The third-order valence-corrected chi connectivity index (χ3v) is 3.84. The predicted octanol–water partition coefficient (Wildman–Crippen LogP) is 1.54. The number of pyridine rings is 1. The van der Waals surface area contributed by atoms with Crippen LogP contribution >= 0.6 is 0 Å². The van der Waals surface area contributed by atoms with Crippen LogP contribution in [0.1, 0.15) is 33.3 Å². The maximum atomic E-state index is 12.1. The lowest BCUT2D eigenvalue weighted by Gasteiger charge is -2.42. The number of carbonyl (C=O) groups is 1. The van der Waals surface area contributed by atoms with Crippen molar-refractivity contribution in [2.24, 2.45) is 5.92 Å². The Labute approximate surface area is 127 Å².